The second-order valence-corrected chi connectivity index (χ2v) is 6.23. The molecule has 0 atom stereocenters. The molecule has 7 heteroatoms. The topological polar surface area (TPSA) is 77.5 Å². The van der Waals surface area contributed by atoms with Crippen molar-refractivity contribution in [2.45, 2.75) is 11.9 Å². The maximum Gasteiger partial charge on any atom is 0.206 e. The molecule has 0 aliphatic rings. The largest absolute Gasteiger partial charge is 0.369 e. The van der Waals surface area contributed by atoms with E-state index in [1.165, 1.54) is 11.3 Å². The minimum absolute atomic E-state index is 0.0631. The predicted octanol–water partition coefficient (Wildman–Crippen LogP) is 0.690. The number of aromatic nitrogens is 2. The highest BCUT2D eigenvalue weighted by Gasteiger charge is 2.19. The third-order valence-electron chi connectivity index (χ3n) is 1.78. The first-order valence-corrected chi connectivity index (χ1v) is 6.54. The van der Waals surface area contributed by atoms with Gasteiger partial charge in [0.15, 0.2) is 14.9 Å². The fraction of sp³-hybridized carbons (Fsp3) is 0.286. The molecule has 0 unspecified atom stereocenters. The molecule has 14 heavy (non-hydrogen) atoms. The molecule has 0 amide bonds. The van der Waals surface area contributed by atoms with Gasteiger partial charge in [-0.3, -0.25) is 4.40 Å². The SMILES string of the molecule is Cc1cn2c(N)nc(S(C)(=O)=O)c2s1. The van der Waals surface area contributed by atoms with E-state index in [0.29, 0.717) is 4.83 Å². The van der Waals surface area contributed by atoms with Crippen molar-refractivity contribution in [2.75, 3.05) is 12.0 Å². The molecule has 0 aliphatic heterocycles. The van der Waals surface area contributed by atoms with Gasteiger partial charge in [-0.05, 0) is 6.92 Å². The molecular formula is C7H9N3O2S2. The van der Waals surface area contributed by atoms with Crippen LogP contribution < -0.4 is 5.73 Å². The summed E-state index contributed by atoms with van der Waals surface area (Å²) in [6.07, 6.45) is 2.90. The highest BCUT2D eigenvalue weighted by atomic mass is 32.2. The Morgan fingerprint density at radius 3 is 2.79 bits per heavy atom. The molecule has 0 aromatic carbocycles. The molecule has 0 radical (unpaired) electrons. The van der Waals surface area contributed by atoms with Crippen molar-refractivity contribution in [3.63, 3.8) is 0 Å². The third kappa shape index (κ3) is 1.28. The normalized spacial score (nSPS) is 12.4. The molecule has 0 fully saturated rings. The van der Waals surface area contributed by atoms with Crippen LogP contribution in [-0.4, -0.2) is 24.1 Å². The number of nitrogens with two attached hydrogens (primary N) is 1. The summed E-state index contributed by atoms with van der Waals surface area (Å²) < 4.78 is 24.3. The molecule has 0 saturated carbocycles. The van der Waals surface area contributed by atoms with Gasteiger partial charge in [-0.15, -0.1) is 11.3 Å². The van der Waals surface area contributed by atoms with Gasteiger partial charge in [0, 0.05) is 17.3 Å². The Kier molecular flexibility index (Phi) is 1.83. The highest BCUT2D eigenvalue weighted by Crippen LogP contribution is 2.26. The number of sulfone groups is 1. The summed E-state index contributed by atoms with van der Waals surface area (Å²) in [6, 6.07) is 0. The zero-order valence-electron chi connectivity index (χ0n) is 7.68. The second-order valence-electron chi connectivity index (χ2n) is 3.06. The molecule has 5 nitrogen and oxygen atoms in total. The molecular weight excluding hydrogens is 222 g/mol. The van der Waals surface area contributed by atoms with E-state index in [-0.39, 0.29) is 11.0 Å². The van der Waals surface area contributed by atoms with E-state index in [1.54, 1.807) is 10.6 Å². The molecule has 2 aromatic rings. The van der Waals surface area contributed by atoms with Crippen LogP contribution in [0.15, 0.2) is 11.2 Å². The van der Waals surface area contributed by atoms with Crippen LogP contribution in [0.25, 0.3) is 4.83 Å². The van der Waals surface area contributed by atoms with Gasteiger partial charge in [-0.1, -0.05) is 0 Å². The number of nitrogen functional groups attached to an aromatic ring is 1. The molecule has 2 aromatic heterocycles. The predicted molar refractivity (Wildman–Crippen MR) is 55.3 cm³/mol. The minimum Gasteiger partial charge on any atom is -0.369 e. The van der Waals surface area contributed by atoms with Gasteiger partial charge in [0.05, 0.1) is 0 Å². The van der Waals surface area contributed by atoms with Crippen LogP contribution in [0, 0.1) is 6.92 Å². The molecule has 2 heterocycles. The van der Waals surface area contributed by atoms with Crippen molar-refractivity contribution in [2.24, 2.45) is 0 Å². The third-order valence-corrected chi connectivity index (χ3v) is 3.91. The maximum absolute atomic E-state index is 11.3. The summed E-state index contributed by atoms with van der Waals surface area (Å²) in [5.74, 6) is 0.213. The summed E-state index contributed by atoms with van der Waals surface area (Å²) in [6.45, 7) is 1.89. The van der Waals surface area contributed by atoms with E-state index in [2.05, 4.69) is 4.98 Å². The van der Waals surface area contributed by atoms with Crippen LogP contribution in [0.2, 0.25) is 0 Å². The highest BCUT2D eigenvalue weighted by molar-refractivity contribution is 7.91. The Hall–Kier alpha value is -1.08. The molecule has 0 spiro atoms. The van der Waals surface area contributed by atoms with Crippen molar-refractivity contribution in [3.05, 3.63) is 11.1 Å². The molecule has 0 bridgehead atoms. The second kappa shape index (κ2) is 2.71. The minimum atomic E-state index is -3.30. The fourth-order valence-electron chi connectivity index (χ4n) is 1.23. The van der Waals surface area contributed by atoms with Gasteiger partial charge in [-0.25, -0.2) is 8.42 Å². The Morgan fingerprint density at radius 2 is 2.21 bits per heavy atom. The Balaban J connectivity index is 2.91. The number of hydrogen-bond donors (Lipinski definition) is 1. The molecule has 76 valence electrons. The lowest BCUT2D eigenvalue weighted by atomic mass is 10.6. The van der Waals surface area contributed by atoms with Crippen molar-refractivity contribution in [1.29, 1.82) is 0 Å². The van der Waals surface area contributed by atoms with Gasteiger partial charge in [0.1, 0.15) is 4.83 Å². The van der Waals surface area contributed by atoms with E-state index in [0.717, 1.165) is 11.1 Å². The van der Waals surface area contributed by atoms with Gasteiger partial charge in [0.2, 0.25) is 5.95 Å². The van der Waals surface area contributed by atoms with Crippen molar-refractivity contribution >= 4 is 32.0 Å². The van der Waals surface area contributed by atoms with Gasteiger partial charge < -0.3 is 5.73 Å². The summed E-state index contributed by atoms with van der Waals surface area (Å²) in [7, 11) is -3.30. The summed E-state index contributed by atoms with van der Waals surface area (Å²) >= 11 is 1.37. The maximum atomic E-state index is 11.3. The smallest absolute Gasteiger partial charge is 0.206 e. The Labute approximate surface area is 85.1 Å². The van der Waals surface area contributed by atoms with Gasteiger partial charge in [0.25, 0.3) is 0 Å². The van der Waals surface area contributed by atoms with E-state index >= 15 is 0 Å². The lowest BCUT2D eigenvalue weighted by Crippen LogP contribution is -1.97. The average molecular weight is 231 g/mol. The van der Waals surface area contributed by atoms with Crippen LogP contribution in [0.1, 0.15) is 4.88 Å². The molecule has 0 aliphatic carbocycles. The summed E-state index contributed by atoms with van der Waals surface area (Å²) in [5.41, 5.74) is 5.58. The number of anilines is 1. The van der Waals surface area contributed by atoms with Gasteiger partial charge >= 0.3 is 0 Å². The number of aryl methyl sites for hydroxylation is 1. The number of hydrogen-bond acceptors (Lipinski definition) is 5. The van der Waals surface area contributed by atoms with E-state index in [9.17, 15) is 8.42 Å². The molecule has 0 saturated heterocycles. The lowest BCUT2D eigenvalue weighted by molar-refractivity contribution is 0.600. The van der Waals surface area contributed by atoms with Crippen LogP contribution in [0.4, 0.5) is 5.95 Å². The number of nitrogens with zero attached hydrogens (tertiary/aromatic N) is 2. The number of thiazole rings is 1. The molecule has 2 N–H and O–H groups in total. The van der Waals surface area contributed by atoms with Crippen molar-refractivity contribution < 1.29 is 8.42 Å². The monoisotopic (exact) mass is 231 g/mol. The summed E-state index contributed by atoms with van der Waals surface area (Å²) in [5, 5.41) is 0.0631. The number of fused-ring (bicyclic) bond motifs is 1. The lowest BCUT2D eigenvalue weighted by Gasteiger charge is -1.88. The number of imidazole rings is 1. The van der Waals surface area contributed by atoms with E-state index in [1.807, 2.05) is 6.92 Å². The van der Waals surface area contributed by atoms with Crippen molar-refractivity contribution in [3.8, 4) is 0 Å². The standard InChI is InChI=1S/C7H9N3O2S2/c1-4-3-10-6(13-4)5(9-7(10)8)14(2,11)12/h3H,1-2H3,(H2,8,9). The van der Waals surface area contributed by atoms with Crippen LogP contribution in [0.3, 0.4) is 0 Å². The van der Waals surface area contributed by atoms with E-state index in [4.69, 9.17) is 5.73 Å². The number of rotatable bonds is 1. The van der Waals surface area contributed by atoms with Crippen molar-refractivity contribution in [1.82, 2.24) is 9.38 Å². The summed E-state index contributed by atoms with van der Waals surface area (Å²) in [4.78, 5) is 5.41. The average Bonchev–Trinajstić information content (AvgIpc) is 2.49. The first-order valence-electron chi connectivity index (χ1n) is 3.83. The first-order chi connectivity index (χ1) is 6.39. The zero-order chi connectivity index (χ0) is 10.5. The molecule has 2 rings (SSSR count). The Bertz CT molecular complexity index is 594. The van der Waals surface area contributed by atoms with Gasteiger partial charge in [-0.2, -0.15) is 4.98 Å². The Morgan fingerprint density at radius 1 is 1.57 bits per heavy atom. The van der Waals surface area contributed by atoms with Crippen LogP contribution in [-0.2, 0) is 9.84 Å². The van der Waals surface area contributed by atoms with Crippen LogP contribution >= 0.6 is 11.3 Å². The zero-order valence-corrected chi connectivity index (χ0v) is 9.32. The van der Waals surface area contributed by atoms with Crippen LogP contribution in [0.5, 0.6) is 0 Å². The first kappa shape index (κ1) is 9.47. The van der Waals surface area contributed by atoms with E-state index < -0.39 is 9.84 Å². The quantitative estimate of drug-likeness (QED) is 0.783. The fourth-order valence-corrected chi connectivity index (χ4v) is 3.33.